The molecular formula is C20H22N2OS2. The van der Waals surface area contributed by atoms with Crippen LogP contribution in [0.1, 0.15) is 29.5 Å². The first kappa shape index (κ1) is 18.0. The van der Waals surface area contributed by atoms with Gasteiger partial charge in [0.05, 0.1) is 10.2 Å². The number of aromatic nitrogens is 1. The van der Waals surface area contributed by atoms with Gasteiger partial charge in [0, 0.05) is 11.3 Å². The van der Waals surface area contributed by atoms with E-state index in [2.05, 4.69) is 67.5 Å². The summed E-state index contributed by atoms with van der Waals surface area (Å²) < 4.78 is 1.12. The first-order chi connectivity index (χ1) is 12.0. The average Bonchev–Trinajstić information content (AvgIpc) is 2.94. The van der Waals surface area contributed by atoms with Crippen molar-refractivity contribution in [2.75, 3.05) is 11.1 Å². The molecule has 0 fully saturated rings. The molecule has 1 N–H and O–H groups in total. The van der Waals surface area contributed by atoms with Crippen molar-refractivity contribution >= 4 is 44.4 Å². The zero-order valence-corrected chi connectivity index (χ0v) is 16.4. The molecule has 0 saturated heterocycles. The number of hydrogen-bond donors (Lipinski definition) is 1. The van der Waals surface area contributed by atoms with Crippen LogP contribution >= 0.6 is 23.1 Å². The number of anilines is 1. The molecular weight excluding hydrogens is 348 g/mol. The predicted molar refractivity (Wildman–Crippen MR) is 109 cm³/mol. The van der Waals surface area contributed by atoms with Crippen molar-refractivity contribution in [1.82, 2.24) is 4.98 Å². The zero-order valence-electron chi connectivity index (χ0n) is 14.8. The van der Waals surface area contributed by atoms with Gasteiger partial charge in [-0.15, -0.1) is 11.8 Å². The summed E-state index contributed by atoms with van der Waals surface area (Å²) in [5.41, 5.74) is 4.70. The minimum atomic E-state index is 0.0389. The van der Waals surface area contributed by atoms with E-state index in [1.165, 1.54) is 32.9 Å². The number of thioether (sulfide) groups is 1. The summed E-state index contributed by atoms with van der Waals surface area (Å²) in [5, 5.41) is 3.63. The van der Waals surface area contributed by atoms with Gasteiger partial charge >= 0.3 is 0 Å². The molecule has 25 heavy (non-hydrogen) atoms. The Bertz CT molecular complexity index is 846. The molecule has 0 saturated carbocycles. The van der Waals surface area contributed by atoms with Crippen LogP contribution in [-0.4, -0.2) is 16.6 Å². The summed E-state index contributed by atoms with van der Waals surface area (Å²) in [4.78, 5) is 17.9. The Kier molecular flexibility index (Phi) is 5.76. The molecule has 0 unspecified atom stereocenters. The largest absolute Gasteiger partial charge is 0.302 e. The molecule has 2 aromatic carbocycles. The topological polar surface area (TPSA) is 42.0 Å². The van der Waals surface area contributed by atoms with Gasteiger partial charge in [0.1, 0.15) is 0 Å². The van der Waals surface area contributed by atoms with Crippen LogP contribution in [-0.2, 0) is 4.79 Å². The summed E-state index contributed by atoms with van der Waals surface area (Å²) >= 11 is 3.33. The van der Waals surface area contributed by atoms with Crippen molar-refractivity contribution in [2.45, 2.75) is 38.5 Å². The lowest BCUT2D eigenvalue weighted by molar-refractivity contribution is -0.116. The number of benzene rings is 2. The predicted octanol–water partition coefficient (Wildman–Crippen LogP) is 5.73. The summed E-state index contributed by atoms with van der Waals surface area (Å²) in [6.07, 6.45) is 1.38. The van der Waals surface area contributed by atoms with Gasteiger partial charge in [0.2, 0.25) is 5.91 Å². The Labute approximate surface area is 156 Å². The second-order valence-corrected chi connectivity index (χ2v) is 8.44. The monoisotopic (exact) mass is 370 g/mol. The molecule has 3 aromatic rings. The highest BCUT2D eigenvalue weighted by Gasteiger charge is 2.09. The third-order valence-corrected chi connectivity index (χ3v) is 6.12. The summed E-state index contributed by atoms with van der Waals surface area (Å²) in [6.45, 7) is 6.26. The van der Waals surface area contributed by atoms with Crippen molar-refractivity contribution in [3.63, 3.8) is 0 Å². The highest BCUT2D eigenvalue weighted by Crippen LogP contribution is 2.28. The van der Waals surface area contributed by atoms with Crippen molar-refractivity contribution in [3.05, 3.63) is 53.1 Å². The lowest BCUT2D eigenvalue weighted by Crippen LogP contribution is -2.11. The van der Waals surface area contributed by atoms with E-state index >= 15 is 0 Å². The van der Waals surface area contributed by atoms with Crippen LogP contribution in [0.4, 0.5) is 5.13 Å². The maximum absolute atomic E-state index is 12.1. The number of carbonyl (C=O) groups excluding carboxylic acids is 1. The number of nitrogens with zero attached hydrogens (tertiary/aromatic N) is 1. The van der Waals surface area contributed by atoms with E-state index in [0.717, 1.165) is 22.4 Å². The average molecular weight is 371 g/mol. The highest BCUT2D eigenvalue weighted by atomic mass is 32.2. The maximum atomic E-state index is 12.1. The number of thiazole rings is 1. The van der Waals surface area contributed by atoms with E-state index in [1.807, 2.05) is 0 Å². The standard InChI is InChI=1S/C20H22N2OS2/c1-13-6-8-16(9-7-13)24-10-4-5-19(23)22-20-21-17-11-14(2)15(3)12-18(17)25-20/h6-9,11-12H,4-5,10H2,1-3H3,(H,21,22,23). The second-order valence-electron chi connectivity index (χ2n) is 6.24. The Balaban J connectivity index is 1.48. The number of carbonyl (C=O) groups is 1. The molecule has 1 amide bonds. The summed E-state index contributed by atoms with van der Waals surface area (Å²) in [6, 6.07) is 12.7. The molecule has 1 heterocycles. The lowest BCUT2D eigenvalue weighted by atomic mass is 10.1. The molecule has 0 aliphatic rings. The molecule has 0 bridgehead atoms. The number of aryl methyl sites for hydroxylation is 3. The molecule has 1 aromatic heterocycles. The SMILES string of the molecule is Cc1ccc(SCCCC(=O)Nc2nc3cc(C)c(C)cc3s2)cc1. The van der Waals surface area contributed by atoms with Gasteiger partial charge in [-0.25, -0.2) is 4.98 Å². The quantitative estimate of drug-likeness (QED) is 0.445. The minimum Gasteiger partial charge on any atom is -0.302 e. The van der Waals surface area contributed by atoms with Gasteiger partial charge in [-0.3, -0.25) is 4.79 Å². The number of amides is 1. The number of fused-ring (bicyclic) bond motifs is 1. The van der Waals surface area contributed by atoms with Crippen LogP contribution in [0.25, 0.3) is 10.2 Å². The fraction of sp³-hybridized carbons (Fsp3) is 0.300. The first-order valence-electron chi connectivity index (χ1n) is 8.38. The summed E-state index contributed by atoms with van der Waals surface area (Å²) in [5.74, 6) is 0.978. The Hall–Kier alpha value is -1.85. The maximum Gasteiger partial charge on any atom is 0.226 e. The van der Waals surface area contributed by atoms with Gasteiger partial charge in [0.15, 0.2) is 5.13 Å². The smallest absolute Gasteiger partial charge is 0.226 e. The van der Waals surface area contributed by atoms with Gasteiger partial charge in [-0.1, -0.05) is 29.0 Å². The molecule has 0 radical (unpaired) electrons. The first-order valence-corrected chi connectivity index (χ1v) is 10.2. The third kappa shape index (κ3) is 4.83. The van der Waals surface area contributed by atoms with Crippen LogP contribution in [0.2, 0.25) is 0 Å². The van der Waals surface area contributed by atoms with Crippen LogP contribution in [0.15, 0.2) is 41.3 Å². The van der Waals surface area contributed by atoms with Crippen LogP contribution in [0, 0.1) is 20.8 Å². The van der Waals surface area contributed by atoms with Crippen molar-refractivity contribution in [2.24, 2.45) is 0 Å². The summed E-state index contributed by atoms with van der Waals surface area (Å²) in [7, 11) is 0. The van der Waals surface area contributed by atoms with E-state index in [4.69, 9.17) is 0 Å². The highest BCUT2D eigenvalue weighted by molar-refractivity contribution is 7.99. The molecule has 130 valence electrons. The van der Waals surface area contributed by atoms with E-state index in [9.17, 15) is 4.79 Å². The van der Waals surface area contributed by atoms with Crippen molar-refractivity contribution < 1.29 is 4.79 Å². The van der Waals surface area contributed by atoms with E-state index in [-0.39, 0.29) is 5.91 Å². The minimum absolute atomic E-state index is 0.0389. The zero-order chi connectivity index (χ0) is 17.8. The Morgan fingerprint density at radius 3 is 2.60 bits per heavy atom. The molecule has 0 aliphatic heterocycles. The second kappa shape index (κ2) is 8.02. The fourth-order valence-electron chi connectivity index (χ4n) is 2.47. The van der Waals surface area contributed by atoms with Gasteiger partial charge in [-0.05, 0) is 68.3 Å². The van der Waals surface area contributed by atoms with Crippen molar-refractivity contribution in [3.8, 4) is 0 Å². The van der Waals surface area contributed by atoms with Crippen LogP contribution in [0.5, 0.6) is 0 Å². The molecule has 3 nitrogen and oxygen atoms in total. The Morgan fingerprint density at radius 1 is 1.12 bits per heavy atom. The van der Waals surface area contributed by atoms with Gasteiger partial charge < -0.3 is 5.32 Å². The van der Waals surface area contributed by atoms with E-state index in [0.29, 0.717) is 11.6 Å². The molecule has 0 aliphatic carbocycles. The molecule has 0 spiro atoms. The molecule has 3 rings (SSSR count). The number of hydrogen-bond acceptors (Lipinski definition) is 4. The van der Waals surface area contributed by atoms with Crippen LogP contribution < -0.4 is 5.32 Å². The lowest BCUT2D eigenvalue weighted by Gasteiger charge is -2.03. The van der Waals surface area contributed by atoms with Gasteiger partial charge in [0.25, 0.3) is 0 Å². The fourth-order valence-corrected chi connectivity index (χ4v) is 4.29. The Morgan fingerprint density at radius 2 is 1.84 bits per heavy atom. The van der Waals surface area contributed by atoms with Crippen LogP contribution in [0.3, 0.4) is 0 Å². The number of nitrogens with one attached hydrogen (secondary N) is 1. The van der Waals surface area contributed by atoms with E-state index < -0.39 is 0 Å². The van der Waals surface area contributed by atoms with Crippen molar-refractivity contribution in [1.29, 1.82) is 0 Å². The third-order valence-electron chi connectivity index (χ3n) is 4.09. The number of rotatable bonds is 6. The van der Waals surface area contributed by atoms with E-state index in [1.54, 1.807) is 11.8 Å². The normalized spacial score (nSPS) is 11.0. The molecule has 5 heteroatoms. The molecule has 0 atom stereocenters. The van der Waals surface area contributed by atoms with Gasteiger partial charge in [-0.2, -0.15) is 0 Å².